The zero-order valence-electron chi connectivity index (χ0n) is 10.4. The van der Waals surface area contributed by atoms with E-state index in [0.717, 1.165) is 19.3 Å². The molecule has 1 amide bonds. The Kier molecular flexibility index (Phi) is 5.42. The maximum Gasteiger partial charge on any atom is 0.253 e. The number of anilines is 1. The van der Waals surface area contributed by atoms with Crippen molar-refractivity contribution >= 4 is 11.6 Å². The predicted molar refractivity (Wildman–Crippen MR) is 68.5 cm³/mol. The summed E-state index contributed by atoms with van der Waals surface area (Å²) in [6, 6.07) is 1.82. The highest BCUT2D eigenvalue weighted by Crippen LogP contribution is 2.12. The van der Waals surface area contributed by atoms with Crippen molar-refractivity contribution in [1.29, 1.82) is 0 Å². The van der Waals surface area contributed by atoms with E-state index in [1.165, 1.54) is 6.20 Å². The molecule has 1 rings (SSSR count). The Labute approximate surface area is 102 Å². The molecule has 1 heterocycles. The van der Waals surface area contributed by atoms with E-state index >= 15 is 0 Å². The number of amides is 1. The van der Waals surface area contributed by atoms with Gasteiger partial charge in [0.2, 0.25) is 0 Å². The highest BCUT2D eigenvalue weighted by atomic mass is 16.1. The Morgan fingerprint density at radius 2 is 2.35 bits per heavy atom. The van der Waals surface area contributed by atoms with E-state index in [1.807, 2.05) is 6.92 Å². The summed E-state index contributed by atoms with van der Waals surface area (Å²) < 4.78 is 0. The van der Waals surface area contributed by atoms with Crippen molar-refractivity contribution in [3.8, 4) is 0 Å². The van der Waals surface area contributed by atoms with E-state index in [0.29, 0.717) is 11.3 Å². The third kappa shape index (κ3) is 4.03. The van der Waals surface area contributed by atoms with Gasteiger partial charge < -0.3 is 10.7 Å². The van der Waals surface area contributed by atoms with Gasteiger partial charge in [0, 0.05) is 12.2 Å². The second kappa shape index (κ2) is 6.85. The van der Waals surface area contributed by atoms with E-state index in [-0.39, 0.29) is 11.9 Å². The van der Waals surface area contributed by atoms with Crippen LogP contribution in [0.2, 0.25) is 0 Å². The lowest BCUT2D eigenvalue weighted by molar-refractivity contribution is 0.0938. The fourth-order valence-electron chi connectivity index (χ4n) is 1.59. The van der Waals surface area contributed by atoms with Gasteiger partial charge in [-0.3, -0.25) is 15.6 Å². The number of nitrogens with two attached hydrogens (primary N) is 1. The molecule has 4 N–H and O–H groups in total. The van der Waals surface area contributed by atoms with E-state index in [2.05, 4.69) is 22.7 Å². The number of nitrogen functional groups attached to an aromatic ring is 1. The molecule has 5 heteroatoms. The van der Waals surface area contributed by atoms with Crippen molar-refractivity contribution in [3.63, 3.8) is 0 Å². The van der Waals surface area contributed by atoms with Crippen LogP contribution in [-0.4, -0.2) is 16.9 Å². The number of unbranched alkanes of at least 4 members (excludes halogenated alkanes) is 1. The molecule has 1 aromatic rings. The first-order valence-corrected chi connectivity index (χ1v) is 5.90. The summed E-state index contributed by atoms with van der Waals surface area (Å²) >= 11 is 0. The number of hydrogen-bond donors (Lipinski definition) is 3. The van der Waals surface area contributed by atoms with Gasteiger partial charge in [-0.15, -0.1) is 0 Å². The zero-order valence-corrected chi connectivity index (χ0v) is 10.4. The third-order valence-corrected chi connectivity index (χ3v) is 2.59. The lowest BCUT2D eigenvalue weighted by atomic mass is 10.1. The first-order chi connectivity index (χ1) is 8.19. The summed E-state index contributed by atoms with van der Waals surface area (Å²) in [5.41, 5.74) is 3.52. The lowest BCUT2D eigenvalue weighted by Crippen LogP contribution is -2.33. The molecular formula is C12H20N4O. The Morgan fingerprint density at radius 3 is 3.00 bits per heavy atom. The van der Waals surface area contributed by atoms with Crippen LogP contribution in [0.5, 0.6) is 0 Å². The topological polar surface area (TPSA) is 80.0 Å². The van der Waals surface area contributed by atoms with Crippen molar-refractivity contribution < 1.29 is 4.79 Å². The second-order valence-corrected chi connectivity index (χ2v) is 4.08. The molecule has 0 fully saturated rings. The molecule has 0 aliphatic heterocycles. The van der Waals surface area contributed by atoms with Crippen LogP contribution < -0.4 is 16.6 Å². The molecule has 0 aromatic carbocycles. The summed E-state index contributed by atoms with van der Waals surface area (Å²) in [6.07, 6.45) is 6.33. The van der Waals surface area contributed by atoms with Crippen LogP contribution in [0.4, 0.5) is 5.69 Å². The number of rotatable bonds is 6. The van der Waals surface area contributed by atoms with Crippen LogP contribution in [0.3, 0.4) is 0 Å². The van der Waals surface area contributed by atoms with Gasteiger partial charge in [-0.05, 0) is 19.4 Å². The lowest BCUT2D eigenvalue weighted by Gasteiger charge is -2.14. The van der Waals surface area contributed by atoms with Crippen molar-refractivity contribution in [3.05, 3.63) is 24.0 Å². The van der Waals surface area contributed by atoms with Crippen molar-refractivity contribution in [2.24, 2.45) is 5.84 Å². The zero-order chi connectivity index (χ0) is 12.7. The molecule has 1 aromatic heterocycles. The molecule has 1 atom stereocenters. The van der Waals surface area contributed by atoms with Crippen molar-refractivity contribution in [2.45, 2.75) is 39.2 Å². The Bertz CT molecular complexity index is 367. The maximum atomic E-state index is 12.0. The fraction of sp³-hybridized carbons (Fsp3) is 0.500. The van der Waals surface area contributed by atoms with Gasteiger partial charge in [0.1, 0.15) is 0 Å². The molecule has 17 heavy (non-hydrogen) atoms. The Hall–Kier alpha value is -1.62. The number of carbonyl (C=O) groups is 1. The normalized spacial score (nSPS) is 11.9. The summed E-state index contributed by atoms with van der Waals surface area (Å²) in [5.74, 6) is 5.21. The van der Waals surface area contributed by atoms with Gasteiger partial charge in [-0.2, -0.15) is 0 Å². The van der Waals surface area contributed by atoms with E-state index in [4.69, 9.17) is 5.84 Å². The number of nitrogens with one attached hydrogen (secondary N) is 2. The predicted octanol–water partition coefficient (Wildman–Crippen LogP) is 1.68. The van der Waals surface area contributed by atoms with E-state index < -0.39 is 0 Å². The second-order valence-electron chi connectivity index (χ2n) is 4.08. The molecule has 0 aliphatic carbocycles. The van der Waals surface area contributed by atoms with Crippen LogP contribution in [0.25, 0.3) is 0 Å². The van der Waals surface area contributed by atoms with Crippen molar-refractivity contribution in [1.82, 2.24) is 10.3 Å². The summed E-state index contributed by atoms with van der Waals surface area (Å²) in [7, 11) is 0. The first kappa shape index (κ1) is 13.4. The van der Waals surface area contributed by atoms with Crippen LogP contribution in [0.1, 0.15) is 43.5 Å². The number of hydrogen-bond acceptors (Lipinski definition) is 4. The molecule has 94 valence electrons. The average molecular weight is 236 g/mol. The molecule has 0 spiro atoms. The number of hydrazine groups is 1. The van der Waals surface area contributed by atoms with E-state index in [1.54, 1.807) is 12.3 Å². The molecular weight excluding hydrogens is 216 g/mol. The molecule has 0 saturated carbocycles. The van der Waals surface area contributed by atoms with Gasteiger partial charge >= 0.3 is 0 Å². The molecule has 0 bridgehead atoms. The van der Waals surface area contributed by atoms with Crippen molar-refractivity contribution in [2.75, 3.05) is 5.43 Å². The molecule has 5 nitrogen and oxygen atoms in total. The third-order valence-electron chi connectivity index (χ3n) is 2.59. The number of aromatic nitrogens is 1. The number of pyridine rings is 1. The van der Waals surface area contributed by atoms with E-state index in [9.17, 15) is 4.79 Å². The van der Waals surface area contributed by atoms with Gasteiger partial charge in [0.25, 0.3) is 5.91 Å². The van der Waals surface area contributed by atoms with Crippen LogP contribution in [0, 0.1) is 0 Å². The average Bonchev–Trinajstić information content (AvgIpc) is 2.36. The number of nitrogens with zero attached hydrogens (tertiary/aromatic N) is 1. The quantitative estimate of drug-likeness (QED) is 0.518. The molecule has 0 aliphatic rings. The fourth-order valence-corrected chi connectivity index (χ4v) is 1.59. The Morgan fingerprint density at radius 1 is 1.59 bits per heavy atom. The number of carbonyl (C=O) groups excluding carboxylic acids is 1. The molecule has 1 unspecified atom stereocenters. The van der Waals surface area contributed by atoms with Crippen LogP contribution >= 0.6 is 0 Å². The SMILES string of the molecule is CCCCC(C)NC(=O)c1ccncc1NN. The highest BCUT2D eigenvalue weighted by molar-refractivity contribution is 5.99. The standard InChI is InChI=1S/C12H20N4O/c1-3-4-5-9(2)15-12(17)10-6-7-14-8-11(10)16-13/h6-9,16H,3-5,13H2,1-2H3,(H,15,17). The summed E-state index contributed by atoms with van der Waals surface area (Å²) in [4.78, 5) is 15.9. The first-order valence-electron chi connectivity index (χ1n) is 5.90. The maximum absolute atomic E-state index is 12.0. The largest absolute Gasteiger partial charge is 0.350 e. The van der Waals surface area contributed by atoms with Gasteiger partial charge in [0.15, 0.2) is 0 Å². The minimum absolute atomic E-state index is 0.121. The monoisotopic (exact) mass is 236 g/mol. The van der Waals surface area contributed by atoms with Gasteiger partial charge in [0.05, 0.1) is 17.4 Å². The molecule has 0 radical (unpaired) electrons. The molecule has 0 saturated heterocycles. The summed E-state index contributed by atoms with van der Waals surface area (Å²) in [6.45, 7) is 4.14. The highest BCUT2D eigenvalue weighted by Gasteiger charge is 2.12. The minimum atomic E-state index is -0.121. The Balaban J connectivity index is 2.63. The van der Waals surface area contributed by atoms with Crippen LogP contribution in [0.15, 0.2) is 18.5 Å². The minimum Gasteiger partial charge on any atom is -0.350 e. The van der Waals surface area contributed by atoms with Crippen LogP contribution in [-0.2, 0) is 0 Å². The van der Waals surface area contributed by atoms with Gasteiger partial charge in [-0.25, -0.2) is 0 Å². The van der Waals surface area contributed by atoms with Gasteiger partial charge in [-0.1, -0.05) is 19.8 Å². The summed E-state index contributed by atoms with van der Waals surface area (Å²) in [5, 5.41) is 2.94. The smallest absolute Gasteiger partial charge is 0.253 e.